The highest BCUT2D eigenvalue weighted by atomic mass is 16.2. The first-order valence-corrected chi connectivity index (χ1v) is 7.04. The molecule has 1 atom stereocenters. The Labute approximate surface area is 106 Å². The molecule has 1 N–H and O–H groups in total. The van der Waals surface area contributed by atoms with E-state index in [0.29, 0.717) is 11.8 Å². The summed E-state index contributed by atoms with van der Waals surface area (Å²) in [5, 5.41) is 3.37. The van der Waals surface area contributed by atoms with Crippen molar-refractivity contribution in [1.82, 2.24) is 10.2 Å². The van der Waals surface area contributed by atoms with Crippen LogP contribution in [-0.4, -0.2) is 37.5 Å². The molecule has 0 aliphatic carbocycles. The van der Waals surface area contributed by atoms with E-state index in [9.17, 15) is 4.79 Å². The molecule has 100 valence electrons. The van der Waals surface area contributed by atoms with Gasteiger partial charge in [-0.1, -0.05) is 13.8 Å². The Morgan fingerprint density at radius 1 is 1.47 bits per heavy atom. The fraction of sp³-hybridized carbons (Fsp3) is 0.929. The third-order valence-corrected chi connectivity index (χ3v) is 3.56. The molecule has 1 rings (SSSR count). The van der Waals surface area contributed by atoms with E-state index in [1.807, 2.05) is 11.9 Å². The summed E-state index contributed by atoms with van der Waals surface area (Å²) in [5.74, 6) is 1.62. The molecule has 1 amide bonds. The minimum Gasteiger partial charge on any atom is -0.346 e. The van der Waals surface area contributed by atoms with Crippen LogP contribution in [0.15, 0.2) is 0 Å². The van der Waals surface area contributed by atoms with Gasteiger partial charge in [0, 0.05) is 20.0 Å². The molecule has 1 aliphatic heterocycles. The molecule has 0 aromatic rings. The van der Waals surface area contributed by atoms with Crippen molar-refractivity contribution in [3.05, 3.63) is 0 Å². The molecule has 0 bridgehead atoms. The van der Waals surface area contributed by atoms with Gasteiger partial charge in [-0.3, -0.25) is 4.79 Å². The van der Waals surface area contributed by atoms with E-state index < -0.39 is 0 Å². The Balaban J connectivity index is 2.16. The maximum atomic E-state index is 12.0. The van der Waals surface area contributed by atoms with Gasteiger partial charge < -0.3 is 10.2 Å². The van der Waals surface area contributed by atoms with Crippen LogP contribution in [0, 0.1) is 11.8 Å². The SMILES string of the molecule is CC(C)CCCN(C)C(=O)CC1CCCNC1. The number of carbonyl (C=O) groups is 1. The van der Waals surface area contributed by atoms with Gasteiger partial charge in [-0.05, 0) is 50.6 Å². The fourth-order valence-electron chi connectivity index (χ4n) is 2.36. The first-order valence-electron chi connectivity index (χ1n) is 7.04. The van der Waals surface area contributed by atoms with Gasteiger partial charge in [-0.25, -0.2) is 0 Å². The third-order valence-electron chi connectivity index (χ3n) is 3.56. The average molecular weight is 240 g/mol. The first kappa shape index (κ1) is 14.5. The van der Waals surface area contributed by atoms with E-state index in [4.69, 9.17) is 0 Å². The molecule has 0 radical (unpaired) electrons. The van der Waals surface area contributed by atoms with Crippen LogP contribution in [0.4, 0.5) is 0 Å². The molecule has 1 aliphatic rings. The van der Waals surface area contributed by atoms with Gasteiger partial charge in [0.05, 0.1) is 0 Å². The summed E-state index contributed by atoms with van der Waals surface area (Å²) >= 11 is 0. The molecule has 3 heteroatoms. The monoisotopic (exact) mass is 240 g/mol. The van der Waals surface area contributed by atoms with E-state index in [-0.39, 0.29) is 0 Å². The van der Waals surface area contributed by atoms with Crippen LogP contribution in [0.2, 0.25) is 0 Å². The standard InChI is InChI=1S/C14H28N2O/c1-12(2)6-5-9-16(3)14(17)10-13-7-4-8-15-11-13/h12-13,15H,4-11H2,1-3H3. The highest BCUT2D eigenvalue weighted by Gasteiger charge is 2.18. The maximum Gasteiger partial charge on any atom is 0.222 e. The van der Waals surface area contributed by atoms with Gasteiger partial charge in [-0.2, -0.15) is 0 Å². The summed E-state index contributed by atoms with van der Waals surface area (Å²) in [6.07, 6.45) is 5.49. The number of nitrogens with one attached hydrogen (secondary N) is 1. The van der Waals surface area contributed by atoms with Crippen molar-refractivity contribution in [2.45, 2.75) is 46.0 Å². The van der Waals surface area contributed by atoms with Crippen LogP contribution >= 0.6 is 0 Å². The van der Waals surface area contributed by atoms with Gasteiger partial charge in [0.1, 0.15) is 0 Å². The van der Waals surface area contributed by atoms with E-state index in [1.54, 1.807) is 0 Å². The smallest absolute Gasteiger partial charge is 0.222 e. The molecule has 0 aromatic heterocycles. The second kappa shape index (κ2) is 7.70. The summed E-state index contributed by atoms with van der Waals surface area (Å²) in [5.41, 5.74) is 0. The number of hydrogen-bond donors (Lipinski definition) is 1. The zero-order valence-electron chi connectivity index (χ0n) is 11.7. The number of rotatable bonds is 6. The lowest BCUT2D eigenvalue weighted by molar-refractivity contribution is -0.131. The molecule has 0 spiro atoms. The molecular formula is C14H28N2O. The lowest BCUT2D eigenvalue weighted by Crippen LogP contribution is -2.35. The summed E-state index contributed by atoms with van der Waals surface area (Å²) < 4.78 is 0. The van der Waals surface area contributed by atoms with Gasteiger partial charge >= 0.3 is 0 Å². The average Bonchev–Trinajstić information content (AvgIpc) is 2.29. The highest BCUT2D eigenvalue weighted by molar-refractivity contribution is 5.76. The van der Waals surface area contributed by atoms with Crippen molar-refractivity contribution in [3.63, 3.8) is 0 Å². The van der Waals surface area contributed by atoms with E-state index in [1.165, 1.54) is 19.3 Å². The Morgan fingerprint density at radius 3 is 2.82 bits per heavy atom. The van der Waals surface area contributed by atoms with Crippen LogP contribution in [0.1, 0.15) is 46.0 Å². The van der Waals surface area contributed by atoms with Gasteiger partial charge in [0.2, 0.25) is 5.91 Å². The Hall–Kier alpha value is -0.570. The molecule has 1 unspecified atom stereocenters. The molecule has 3 nitrogen and oxygen atoms in total. The van der Waals surface area contributed by atoms with Crippen molar-refractivity contribution in [1.29, 1.82) is 0 Å². The third kappa shape index (κ3) is 6.06. The number of carbonyl (C=O) groups excluding carboxylic acids is 1. The van der Waals surface area contributed by atoms with Crippen LogP contribution in [-0.2, 0) is 4.79 Å². The van der Waals surface area contributed by atoms with E-state index in [0.717, 1.165) is 38.4 Å². The zero-order chi connectivity index (χ0) is 12.7. The minimum absolute atomic E-state index is 0.322. The molecule has 0 aromatic carbocycles. The Bertz CT molecular complexity index is 222. The largest absolute Gasteiger partial charge is 0.346 e. The second-order valence-electron chi connectivity index (χ2n) is 5.77. The fourth-order valence-corrected chi connectivity index (χ4v) is 2.36. The highest BCUT2D eigenvalue weighted by Crippen LogP contribution is 2.15. The second-order valence-corrected chi connectivity index (χ2v) is 5.77. The van der Waals surface area contributed by atoms with Crippen LogP contribution in [0.5, 0.6) is 0 Å². The van der Waals surface area contributed by atoms with Crippen molar-refractivity contribution in [3.8, 4) is 0 Å². The zero-order valence-corrected chi connectivity index (χ0v) is 11.7. The van der Waals surface area contributed by atoms with Gasteiger partial charge in [0.15, 0.2) is 0 Å². The molecule has 17 heavy (non-hydrogen) atoms. The molecular weight excluding hydrogens is 212 g/mol. The van der Waals surface area contributed by atoms with Crippen LogP contribution < -0.4 is 5.32 Å². The normalized spacial score (nSPS) is 20.6. The van der Waals surface area contributed by atoms with E-state index >= 15 is 0 Å². The molecule has 1 saturated heterocycles. The topological polar surface area (TPSA) is 32.3 Å². The summed E-state index contributed by atoms with van der Waals surface area (Å²) in [7, 11) is 1.94. The van der Waals surface area contributed by atoms with Crippen LogP contribution in [0.25, 0.3) is 0 Å². The summed E-state index contributed by atoms with van der Waals surface area (Å²) in [6.45, 7) is 7.52. The lowest BCUT2D eigenvalue weighted by Gasteiger charge is -2.25. The Kier molecular flexibility index (Phi) is 6.56. The predicted octanol–water partition coefficient (Wildman–Crippen LogP) is 2.27. The summed E-state index contributed by atoms with van der Waals surface area (Å²) in [6, 6.07) is 0. The number of hydrogen-bond acceptors (Lipinski definition) is 2. The van der Waals surface area contributed by atoms with Crippen molar-refractivity contribution in [2.75, 3.05) is 26.7 Å². The van der Waals surface area contributed by atoms with E-state index in [2.05, 4.69) is 19.2 Å². The van der Waals surface area contributed by atoms with Crippen molar-refractivity contribution in [2.24, 2.45) is 11.8 Å². The van der Waals surface area contributed by atoms with Crippen molar-refractivity contribution >= 4 is 5.91 Å². The van der Waals surface area contributed by atoms with Crippen molar-refractivity contribution < 1.29 is 4.79 Å². The predicted molar refractivity (Wildman–Crippen MR) is 71.9 cm³/mol. The number of amides is 1. The molecule has 1 fully saturated rings. The van der Waals surface area contributed by atoms with Gasteiger partial charge in [0.25, 0.3) is 0 Å². The quantitative estimate of drug-likeness (QED) is 0.772. The van der Waals surface area contributed by atoms with Gasteiger partial charge in [-0.15, -0.1) is 0 Å². The first-order chi connectivity index (χ1) is 8.09. The number of piperidine rings is 1. The lowest BCUT2D eigenvalue weighted by atomic mass is 9.95. The minimum atomic E-state index is 0.322. The molecule has 1 heterocycles. The maximum absolute atomic E-state index is 12.0. The van der Waals surface area contributed by atoms with Crippen LogP contribution in [0.3, 0.4) is 0 Å². The Morgan fingerprint density at radius 2 is 2.24 bits per heavy atom. The molecule has 0 saturated carbocycles. The summed E-state index contributed by atoms with van der Waals surface area (Å²) in [4.78, 5) is 13.9. The number of nitrogens with zero attached hydrogens (tertiary/aromatic N) is 1.